The predicted molar refractivity (Wildman–Crippen MR) is 62.7 cm³/mol. The van der Waals surface area contributed by atoms with Gasteiger partial charge in [-0.15, -0.1) is 0 Å². The third-order valence-corrected chi connectivity index (χ3v) is 3.69. The van der Waals surface area contributed by atoms with Crippen molar-refractivity contribution in [1.82, 2.24) is 9.78 Å². The van der Waals surface area contributed by atoms with E-state index in [0.717, 1.165) is 35.8 Å². The molecule has 0 saturated heterocycles. The maximum atomic E-state index is 10.6. The van der Waals surface area contributed by atoms with Crippen LogP contribution < -0.4 is 0 Å². The average molecular weight is 273 g/mol. The van der Waals surface area contributed by atoms with E-state index in [1.807, 2.05) is 4.68 Å². The van der Waals surface area contributed by atoms with Crippen molar-refractivity contribution in [2.24, 2.45) is 0 Å². The summed E-state index contributed by atoms with van der Waals surface area (Å²) >= 11 is 3.49. The molecule has 1 aromatic rings. The summed E-state index contributed by atoms with van der Waals surface area (Å²) in [7, 11) is 0. The van der Waals surface area contributed by atoms with Gasteiger partial charge in [-0.25, -0.2) is 0 Å². The van der Waals surface area contributed by atoms with Crippen LogP contribution in [0.1, 0.15) is 51.3 Å². The van der Waals surface area contributed by atoms with E-state index in [4.69, 9.17) is 0 Å². The molecule has 0 spiro atoms. The molecule has 1 N–H and O–H groups in total. The first-order valence-corrected chi connectivity index (χ1v) is 6.30. The summed E-state index contributed by atoms with van der Waals surface area (Å²) in [4.78, 5) is 0. The van der Waals surface area contributed by atoms with E-state index in [1.165, 1.54) is 0 Å². The van der Waals surface area contributed by atoms with Gasteiger partial charge in [-0.1, -0.05) is 12.8 Å². The second-order valence-electron chi connectivity index (χ2n) is 4.62. The van der Waals surface area contributed by atoms with Crippen molar-refractivity contribution in [3.8, 4) is 0 Å². The van der Waals surface area contributed by atoms with Crippen LogP contribution in [0.4, 0.5) is 0 Å². The lowest BCUT2D eigenvalue weighted by Crippen LogP contribution is -2.26. The van der Waals surface area contributed by atoms with Crippen molar-refractivity contribution < 1.29 is 5.11 Å². The first kappa shape index (κ1) is 11.1. The normalized spacial score (nSPS) is 20.1. The molecule has 0 aliphatic heterocycles. The SMILES string of the molecule is CC(C)n1ncc(Br)c1C1(O)CCCC1. The average Bonchev–Trinajstić information content (AvgIpc) is 2.72. The highest BCUT2D eigenvalue weighted by atomic mass is 79.9. The van der Waals surface area contributed by atoms with Crippen LogP contribution >= 0.6 is 15.9 Å². The van der Waals surface area contributed by atoms with E-state index in [1.54, 1.807) is 6.20 Å². The summed E-state index contributed by atoms with van der Waals surface area (Å²) < 4.78 is 2.86. The van der Waals surface area contributed by atoms with Gasteiger partial charge in [-0.2, -0.15) is 5.10 Å². The highest BCUT2D eigenvalue weighted by Crippen LogP contribution is 2.42. The molecule has 0 atom stereocenters. The van der Waals surface area contributed by atoms with Crippen LogP contribution in [0.5, 0.6) is 0 Å². The van der Waals surface area contributed by atoms with Crippen LogP contribution in [0, 0.1) is 0 Å². The summed E-state index contributed by atoms with van der Waals surface area (Å²) in [5.41, 5.74) is 0.287. The topological polar surface area (TPSA) is 38.0 Å². The van der Waals surface area contributed by atoms with Crippen molar-refractivity contribution in [2.45, 2.75) is 51.2 Å². The Morgan fingerprint density at radius 1 is 1.47 bits per heavy atom. The zero-order valence-corrected chi connectivity index (χ0v) is 10.8. The van der Waals surface area contributed by atoms with Crippen molar-refractivity contribution >= 4 is 15.9 Å². The van der Waals surface area contributed by atoms with E-state index in [2.05, 4.69) is 34.9 Å². The number of hydrogen-bond acceptors (Lipinski definition) is 2. The molecule has 3 nitrogen and oxygen atoms in total. The molecule has 2 rings (SSSR count). The van der Waals surface area contributed by atoms with Gasteiger partial charge in [0.15, 0.2) is 0 Å². The second kappa shape index (κ2) is 3.91. The fraction of sp³-hybridized carbons (Fsp3) is 0.727. The second-order valence-corrected chi connectivity index (χ2v) is 5.47. The molecule has 0 unspecified atom stereocenters. The van der Waals surface area contributed by atoms with E-state index < -0.39 is 5.60 Å². The van der Waals surface area contributed by atoms with Gasteiger partial charge in [0.25, 0.3) is 0 Å². The molecule has 0 radical (unpaired) electrons. The van der Waals surface area contributed by atoms with Crippen LogP contribution in [0.25, 0.3) is 0 Å². The monoisotopic (exact) mass is 272 g/mol. The quantitative estimate of drug-likeness (QED) is 0.899. The van der Waals surface area contributed by atoms with Crippen LogP contribution in [0.15, 0.2) is 10.7 Å². The van der Waals surface area contributed by atoms with Gasteiger partial charge in [-0.3, -0.25) is 4.68 Å². The summed E-state index contributed by atoms with van der Waals surface area (Å²) in [6, 6.07) is 0.288. The van der Waals surface area contributed by atoms with Gasteiger partial charge >= 0.3 is 0 Å². The lowest BCUT2D eigenvalue weighted by atomic mass is 9.97. The Labute approximate surface area is 98.6 Å². The largest absolute Gasteiger partial charge is 0.384 e. The van der Waals surface area contributed by atoms with E-state index >= 15 is 0 Å². The maximum Gasteiger partial charge on any atom is 0.107 e. The summed E-state index contributed by atoms with van der Waals surface area (Å²) in [6.45, 7) is 4.17. The van der Waals surface area contributed by atoms with Crippen molar-refractivity contribution in [2.75, 3.05) is 0 Å². The highest BCUT2D eigenvalue weighted by Gasteiger charge is 2.38. The van der Waals surface area contributed by atoms with E-state index in [9.17, 15) is 5.11 Å². The Kier molecular flexibility index (Phi) is 2.90. The summed E-state index contributed by atoms with van der Waals surface area (Å²) in [5, 5.41) is 14.9. The fourth-order valence-electron chi connectivity index (χ4n) is 2.36. The Hall–Kier alpha value is -0.350. The molecule has 1 saturated carbocycles. The number of aliphatic hydroxyl groups is 1. The summed E-state index contributed by atoms with van der Waals surface area (Å²) in [6.07, 6.45) is 5.69. The van der Waals surface area contributed by atoms with Gasteiger partial charge < -0.3 is 5.11 Å². The molecule has 0 aromatic carbocycles. The van der Waals surface area contributed by atoms with Gasteiger partial charge in [0.1, 0.15) is 5.60 Å². The van der Waals surface area contributed by atoms with Crippen molar-refractivity contribution in [3.05, 3.63) is 16.4 Å². The first-order valence-electron chi connectivity index (χ1n) is 5.50. The Balaban J connectivity index is 2.45. The minimum absolute atomic E-state index is 0.288. The molecule has 1 aliphatic carbocycles. The van der Waals surface area contributed by atoms with Crippen LogP contribution in [-0.2, 0) is 5.60 Å². The number of nitrogens with zero attached hydrogens (tertiary/aromatic N) is 2. The minimum atomic E-state index is -0.667. The molecule has 84 valence electrons. The molecule has 15 heavy (non-hydrogen) atoms. The fourth-order valence-corrected chi connectivity index (χ4v) is 3.01. The third kappa shape index (κ3) is 1.85. The molecule has 0 bridgehead atoms. The molecule has 4 heteroatoms. The molecule has 1 aromatic heterocycles. The molecule has 1 aliphatic rings. The first-order chi connectivity index (χ1) is 7.04. The maximum absolute atomic E-state index is 10.6. The van der Waals surface area contributed by atoms with Gasteiger partial charge in [0.05, 0.1) is 16.4 Å². The van der Waals surface area contributed by atoms with Gasteiger partial charge in [0, 0.05) is 6.04 Å². The van der Waals surface area contributed by atoms with Crippen LogP contribution in [0.3, 0.4) is 0 Å². The zero-order valence-electron chi connectivity index (χ0n) is 9.20. The molecule has 1 fully saturated rings. The third-order valence-electron chi connectivity index (χ3n) is 3.11. The number of hydrogen-bond donors (Lipinski definition) is 1. The number of halogens is 1. The standard InChI is InChI=1S/C11H17BrN2O/c1-8(2)14-10(9(12)7-13-14)11(15)5-3-4-6-11/h7-8,15H,3-6H2,1-2H3. The van der Waals surface area contributed by atoms with E-state index in [0.29, 0.717) is 0 Å². The van der Waals surface area contributed by atoms with Gasteiger partial charge in [0.2, 0.25) is 0 Å². The molecule has 0 amide bonds. The van der Waals surface area contributed by atoms with Crippen LogP contribution in [-0.4, -0.2) is 14.9 Å². The Bertz CT molecular complexity index is 353. The molecule has 1 heterocycles. The number of rotatable bonds is 2. The highest BCUT2D eigenvalue weighted by molar-refractivity contribution is 9.10. The van der Waals surface area contributed by atoms with Crippen LogP contribution in [0.2, 0.25) is 0 Å². The molecular formula is C11H17BrN2O. The van der Waals surface area contributed by atoms with Crippen molar-refractivity contribution in [1.29, 1.82) is 0 Å². The smallest absolute Gasteiger partial charge is 0.107 e. The Morgan fingerprint density at radius 3 is 2.60 bits per heavy atom. The predicted octanol–water partition coefficient (Wildman–Crippen LogP) is 2.99. The minimum Gasteiger partial charge on any atom is -0.384 e. The lowest BCUT2D eigenvalue weighted by molar-refractivity contribution is 0.0330. The van der Waals surface area contributed by atoms with Crippen molar-refractivity contribution in [3.63, 3.8) is 0 Å². The van der Waals surface area contributed by atoms with Gasteiger partial charge in [-0.05, 0) is 42.6 Å². The number of aromatic nitrogens is 2. The molecular weight excluding hydrogens is 256 g/mol. The lowest BCUT2D eigenvalue weighted by Gasteiger charge is -2.25. The van der Waals surface area contributed by atoms with E-state index in [-0.39, 0.29) is 6.04 Å². The zero-order chi connectivity index (χ0) is 11.1. The Morgan fingerprint density at radius 2 is 2.07 bits per heavy atom. The summed E-state index contributed by atoms with van der Waals surface area (Å²) in [5.74, 6) is 0.